The topological polar surface area (TPSA) is 117 Å². The van der Waals surface area contributed by atoms with Gasteiger partial charge >= 0.3 is 0 Å². The van der Waals surface area contributed by atoms with E-state index < -0.39 is 5.41 Å². The van der Waals surface area contributed by atoms with Crippen LogP contribution >= 0.6 is 0 Å². The largest absolute Gasteiger partial charge is 0.384 e. The molecule has 0 saturated carbocycles. The zero-order valence-electron chi connectivity index (χ0n) is 26.7. The minimum absolute atomic E-state index is 0.0355. The van der Waals surface area contributed by atoms with Crippen LogP contribution in [0.2, 0.25) is 0 Å². The van der Waals surface area contributed by atoms with Gasteiger partial charge in [0, 0.05) is 62.4 Å². The number of ketones is 1. The number of fused-ring (bicyclic) bond motifs is 1. The molecule has 2 aliphatic heterocycles. The van der Waals surface area contributed by atoms with Crippen molar-refractivity contribution in [3.05, 3.63) is 102 Å². The van der Waals surface area contributed by atoms with E-state index >= 15 is 0 Å². The molecule has 0 spiro atoms. The number of ether oxygens (including phenoxy) is 1. The highest BCUT2D eigenvalue weighted by Crippen LogP contribution is 2.34. The number of nitrogens with one attached hydrogen (secondary N) is 1. The first-order valence-electron chi connectivity index (χ1n) is 16.1. The van der Waals surface area contributed by atoms with Gasteiger partial charge in [-0.1, -0.05) is 30.3 Å². The quantitative estimate of drug-likeness (QED) is 0.226. The maximum absolute atomic E-state index is 13.9. The molecule has 48 heavy (non-hydrogen) atoms. The summed E-state index contributed by atoms with van der Waals surface area (Å²) in [6, 6.07) is 19.8. The van der Waals surface area contributed by atoms with Crippen molar-refractivity contribution in [3.8, 4) is 22.6 Å². The molecule has 2 aromatic carbocycles. The number of Topliss-reactive ketones (excluding diaryl/α,β-unsaturated/α-hetero) is 1. The van der Waals surface area contributed by atoms with Gasteiger partial charge < -0.3 is 9.64 Å². The van der Waals surface area contributed by atoms with Gasteiger partial charge in [-0.2, -0.15) is 5.10 Å². The van der Waals surface area contributed by atoms with Crippen molar-refractivity contribution < 1.29 is 18.7 Å². The molecule has 11 heteroatoms. The van der Waals surface area contributed by atoms with Gasteiger partial charge in [-0.05, 0) is 73.0 Å². The third-order valence-corrected chi connectivity index (χ3v) is 9.37. The number of carbonyl (C=O) groups excluding carboxylic acids is 2. The van der Waals surface area contributed by atoms with E-state index in [-0.39, 0.29) is 37.1 Å². The Morgan fingerprint density at radius 3 is 2.44 bits per heavy atom. The van der Waals surface area contributed by atoms with Gasteiger partial charge in [-0.3, -0.25) is 19.6 Å². The molecule has 1 N–H and O–H groups in total. The number of hydrogen-bond donors (Lipinski definition) is 1. The second-order valence-electron chi connectivity index (χ2n) is 12.5. The van der Waals surface area contributed by atoms with Crippen LogP contribution in [-0.2, 0) is 20.7 Å². The molecule has 2 aliphatic rings. The van der Waals surface area contributed by atoms with Gasteiger partial charge in [-0.15, -0.1) is 0 Å². The van der Waals surface area contributed by atoms with E-state index in [1.165, 1.54) is 17.7 Å². The van der Waals surface area contributed by atoms with Gasteiger partial charge in [0.2, 0.25) is 5.91 Å². The smallest absolute Gasteiger partial charge is 0.237 e. The number of halogens is 1. The Labute approximate surface area is 277 Å². The summed E-state index contributed by atoms with van der Waals surface area (Å²) in [6.07, 6.45) is 7.11. The minimum Gasteiger partial charge on any atom is -0.384 e. The van der Waals surface area contributed by atoms with Crippen molar-refractivity contribution in [2.45, 2.75) is 19.3 Å². The zero-order valence-corrected chi connectivity index (χ0v) is 26.7. The molecule has 3 aromatic heterocycles. The fourth-order valence-corrected chi connectivity index (χ4v) is 6.72. The number of rotatable bonds is 10. The summed E-state index contributed by atoms with van der Waals surface area (Å²) in [5.74, 6) is 0.463. The normalized spacial score (nSPS) is 18.3. The van der Waals surface area contributed by atoms with E-state index in [4.69, 9.17) is 9.72 Å². The number of likely N-dealkylation sites (tertiary alicyclic amines) is 1. The Morgan fingerprint density at radius 2 is 1.71 bits per heavy atom. The third kappa shape index (κ3) is 6.51. The van der Waals surface area contributed by atoms with Gasteiger partial charge in [0.1, 0.15) is 22.8 Å². The number of H-pyrrole nitrogens is 1. The lowest BCUT2D eigenvalue weighted by molar-refractivity contribution is -0.134. The fraction of sp³-hybridized carbons (Fsp3) is 0.297. The van der Waals surface area contributed by atoms with Crippen molar-refractivity contribution in [2.75, 3.05) is 46.4 Å². The number of aromatic amines is 1. The van der Waals surface area contributed by atoms with Crippen LogP contribution in [0.25, 0.3) is 39.3 Å². The Kier molecular flexibility index (Phi) is 8.88. The average molecular weight is 646 g/mol. The molecule has 10 nitrogen and oxygen atoms in total. The first-order chi connectivity index (χ1) is 23.4. The maximum Gasteiger partial charge on any atom is 0.237 e. The first-order valence-corrected chi connectivity index (χ1v) is 16.1. The monoisotopic (exact) mass is 645 g/mol. The highest BCUT2D eigenvalue weighted by atomic mass is 19.1. The number of benzene rings is 2. The van der Waals surface area contributed by atoms with Crippen molar-refractivity contribution in [3.63, 3.8) is 0 Å². The van der Waals surface area contributed by atoms with E-state index in [1.807, 2.05) is 29.2 Å². The standard InChI is InChI=1S/C37H36FN7O3/c1-48-24-37(32(46)21-30-11-12-31-35(41-30)34(43-42-31)27-7-9-29(38)10-8-27)15-20-44(23-37)22-33(47)45-18-13-26(14-19-45)25-3-5-28(6-4-25)36-39-16-2-17-40-36/h2-13,16-17H,14-15,18-24H2,1H3,(H,42,43)/t37-/m1/s1. The predicted molar refractivity (Wildman–Crippen MR) is 180 cm³/mol. The van der Waals surface area contributed by atoms with Gasteiger partial charge in [0.15, 0.2) is 5.82 Å². The molecular formula is C37H36FN7O3. The first kappa shape index (κ1) is 31.5. The lowest BCUT2D eigenvalue weighted by atomic mass is 9.81. The molecule has 1 fully saturated rings. The molecule has 1 amide bonds. The van der Waals surface area contributed by atoms with Crippen molar-refractivity contribution in [2.24, 2.45) is 5.41 Å². The van der Waals surface area contributed by atoms with E-state index in [2.05, 4.69) is 43.3 Å². The van der Waals surface area contributed by atoms with Gasteiger partial charge in [-0.25, -0.2) is 19.3 Å². The van der Waals surface area contributed by atoms with Crippen LogP contribution in [0.15, 0.2) is 85.2 Å². The minimum atomic E-state index is -0.728. The molecule has 0 radical (unpaired) electrons. The second-order valence-corrected chi connectivity index (χ2v) is 12.5. The lowest BCUT2D eigenvalue weighted by Crippen LogP contribution is -2.44. The van der Waals surface area contributed by atoms with Crippen LogP contribution in [0.1, 0.15) is 24.1 Å². The SMILES string of the molecule is COC[C@@]1(C(=O)Cc2ccc3[nH]nc(-c4ccc(F)cc4)c3n2)CCN(CC(=O)N2CC=C(c3ccc(-c4ncccn4)cc3)CC2)C1. The summed E-state index contributed by atoms with van der Waals surface area (Å²) in [7, 11) is 1.61. The summed E-state index contributed by atoms with van der Waals surface area (Å²) in [4.78, 5) is 44.6. The molecule has 0 aliphatic carbocycles. The summed E-state index contributed by atoms with van der Waals surface area (Å²) in [5, 5.41) is 7.35. The van der Waals surface area contributed by atoms with Crippen LogP contribution < -0.4 is 0 Å². The highest BCUT2D eigenvalue weighted by molar-refractivity contribution is 5.91. The number of carbonyl (C=O) groups is 2. The number of amides is 1. The van der Waals surface area contributed by atoms with Crippen LogP contribution in [0, 0.1) is 11.2 Å². The van der Waals surface area contributed by atoms with E-state index in [9.17, 15) is 14.0 Å². The number of nitrogens with zero attached hydrogens (tertiary/aromatic N) is 6. The molecule has 244 valence electrons. The highest BCUT2D eigenvalue weighted by Gasteiger charge is 2.45. The summed E-state index contributed by atoms with van der Waals surface area (Å²) in [6.45, 7) is 2.81. The van der Waals surface area contributed by atoms with Crippen LogP contribution in [0.5, 0.6) is 0 Å². The second kappa shape index (κ2) is 13.5. The van der Waals surface area contributed by atoms with Crippen LogP contribution in [-0.4, -0.2) is 93.1 Å². The molecule has 0 bridgehead atoms. The molecule has 1 saturated heterocycles. The molecule has 5 heterocycles. The number of aromatic nitrogens is 5. The molecule has 1 atom stereocenters. The van der Waals surface area contributed by atoms with Gasteiger partial charge in [0.05, 0.1) is 24.1 Å². The van der Waals surface area contributed by atoms with Crippen molar-refractivity contribution in [1.29, 1.82) is 0 Å². The predicted octanol–water partition coefficient (Wildman–Crippen LogP) is 4.99. The van der Waals surface area contributed by atoms with Crippen molar-refractivity contribution >= 4 is 28.3 Å². The van der Waals surface area contributed by atoms with E-state index in [1.54, 1.807) is 37.7 Å². The summed E-state index contributed by atoms with van der Waals surface area (Å²) >= 11 is 0. The van der Waals surface area contributed by atoms with E-state index in [0.29, 0.717) is 55.3 Å². The number of methoxy groups -OCH3 is 1. The Bertz CT molecular complexity index is 1960. The Hall–Kier alpha value is -5.13. The van der Waals surface area contributed by atoms with Crippen molar-refractivity contribution in [1.82, 2.24) is 34.9 Å². The van der Waals surface area contributed by atoms with Crippen LogP contribution in [0.4, 0.5) is 4.39 Å². The Morgan fingerprint density at radius 1 is 0.958 bits per heavy atom. The molecule has 7 rings (SSSR count). The molecule has 0 unspecified atom stereocenters. The van der Waals surface area contributed by atoms with Gasteiger partial charge in [0.25, 0.3) is 0 Å². The van der Waals surface area contributed by atoms with Crippen LogP contribution in [0.3, 0.4) is 0 Å². The average Bonchev–Trinajstić information content (AvgIpc) is 3.74. The number of hydrogen-bond acceptors (Lipinski definition) is 8. The Balaban J connectivity index is 0.974. The lowest BCUT2D eigenvalue weighted by Gasteiger charge is -2.30. The summed E-state index contributed by atoms with van der Waals surface area (Å²) in [5.41, 5.74) is 5.92. The maximum atomic E-state index is 13.9. The summed E-state index contributed by atoms with van der Waals surface area (Å²) < 4.78 is 19.1. The third-order valence-electron chi connectivity index (χ3n) is 9.37. The molecule has 5 aromatic rings. The number of pyridine rings is 1. The molecular weight excluding hydrogens is 609 g/mol. The fourth-order valence-electron chi connectivity index (χ4n) is 6.72. The van der Waals surface area contributed by atoms with E-state index in [0.717, 1.165) is 28.6 Å². The zero-order chi connectivity index (χ0) is 33.1.